The predicted octanol–water partition coefficient (Wildman–Crippen LogP) is 2.61. The summed E-state index contributed by atoms with van der Waals surface area (Å²) >= 11 is 0. The molecule has 0 spiro atoms. The van der Waals surface area contributed by atoms with E-state index in [0.29, 0.717) is 6.16 Å². The van der Waals surface area contributed by atoms with Crippen LogP contribution < -0.4 is 0 Å². The molecule has 74 valence electrons. The van der Waals surface area contributed by atoms with E-state index in [0.717, 1.165) is 6.42 Å². The van der Waals surface area contributed by atoms with Crippen LogP contribution in [0, 0.1) is 0 Å². The maximum atomic E-state index is 11.6. The highest BCUT2D eigenvalue weighted by atomic mass is 31.2. The van der Waals surface area contributed by atoms with Crippen molar-refractivity contribution in [2.45, 2.75) is 19.8 Å². The van der Waals surface area contributed by atoms with E-state index in [-0.39, 0.29) is 13.0 Å². The van der Waals surface area contributed by atoms with Gasteiger partial charge in [-0.15, -0.1) is 0 Å². The standard InChI is InChI=1S/C7H16FO3P/c1-3-7-12(9,10-2)11-6-4-5-8/h3-7H2,1-2H3. The summed E-state index contributed by atoms with van der Waals surface area (Å²) in [6.07, 6.45) is 1.41. The van der Waals surface area contributed by atoms with E-state index >= 15 is 0 Å². The minimum atomic E-state index is -2.90. The fourth-order valence-electron chi connectivity index (χ4n) is 0.741. The van der Waals surface area contributed by atoms with Crippen LogP contribution in [-0.4, -0.2) is 26.6 Å². The summed E-state index contributed by atoms with van der Waals surface area (Å²) in [5, 5.41) is 0. The smallest absolute Gasteiger partial charge is 0.312 e. The van der Waals surface area contributed by atoms with Crippen molar-refractivity contribution in [3.8, 4) is 0 Å². The molecular formula is C7H16FO3P. The van der Waals surface area contributed by atoms with Crippen LogP contribution in [-0.2, 0) is 13.6 Å². The van der Waals surface area contributed by atoms with E-state index < -0.39 is 14.3 Å². The molecule has 0 aromatic rings. The van der Waals surface area contributed by atoms with Crippen LogP contribution >= 0.6 is 7.60 Å². The summed E-state index contributed by atoms with van der Waals surface area (Å²) in [4.78, 5) is 0. The van der Waals surface area contributed by atoms with Crippen LogP contribution in [0.4, 0.5) is 4.39 Å². The lowest BCUT2D eigenvalue weighted by atomic mass is 10.5. The molecule has 0 saturated heterocycles. The van der Waals surface area contributed by atoms with E-state index in [1.54, 1.807) is 0 Å². The van der Waals surface area contributed by atoms with Gasteiger partial charge >= 0.3 is 7.60 Å². The molecule has 12 heavy (non-hydrogen) atoms. The van der Waals surface area contributed by atoms with Crippen molar-refractivity contribution in [1.82, 2.24) is 0 Å². The molecule has 0 aliphatic heterocycles. The van der Waals surface area contributed by atoms with Crippen molar-refractivity contribution in [1.29, 1.82) is 0 Å². The molecule has 0 aromatic carbocycles. The lowest BCUT2D eigenvalue weighted by Crippen LogP contribution is -1.99. The highest BCUT2D eigenvalue weighted by Crippen LogP contribution is 2.47. The second-order valence-corrected chi connectivity index (χ2v) is 4.69. The number of rotatable bonds is 7. The van der Waals surface area contributed by atoms with Gasteiger partial charge in [0.15, 0.2) is 0 Å². The Morgan fingerprint density at radius 3 is 2.58 bits per heavy atom. The van der Waals surface area contributed by atoms with Gasteiger partial charge in [0, 0.05) is 13.3 Å². The zero-order valence-electron chi connectivity index (χ0n) is 7.59. The summed E-state index contributed by atoms with van der Waals surface area (Å²) in [6.45, 7) is 1.61. The van der Waals surface area contributed by atoms with Crippen molar-refractivity contribution in [2.24, 2.45) is 0 Å². The van der Waals surface area contributed by atoms with Crippen LogP contribution in [0.5, 0.6) is 0 Å². The first-order valence-electron chi connectivity index (χ1n) is 4.04. The van der Waals surface area contributed by atoms with Crippen LogP contribution in [0.3, 0.4) is 0 Å². The number of halogens is 1. The summed E-state index contributed by atoms with van der Waals surface area (Å²) in [5.41, 5.74) is 0. The fourth-order valence-corrected chi connectivity index (χ4v) is 2.11. The summed E-state index contributed by atoms with van der Waals surface area (Å²) in [5.74, 6) is 0. The molecule has 1 atom stereocenters. The Morgan fingerprint density at radius 2 is 2.17 bits per heavy atom. The first-order valence-corrected chi connectivity index (χ1v) is 5.76. The molecule has 0 saturated carbocycles. The van der Waals surface area contributed by atoms with Crippen molar-refractivity contribution < 1.29 is 18.0 Å². The van der Waals surface area contributed by atoms with Gasteiger partial charge < -0.3 is 9.05 Å². The maximum absolute atomic E-state index is 11.6. The van der Waals surface area contributed by atoms with Gasteiger partial charge in [0.25, 0.3) is 0 Å². The van der Waals surface area contributed by atoms with Gasteiger partial charge in [0.1, 0.15) is 0 Å². The molecule has 0 amide bonds. The largest absolute Gasteiger partial charge is 0.330 e. The normalized spacial score (nSPS) is 15.9. The van der Waals surface area contributed by atoms with E-state index in [9.17, 15) is 8.96 Å². The topological polar surface area (TPSA) is 35.5 Å². The molecule has 0 heterocycles. The van der Waals surface area contributed by atoms with Crippen molar-refractivity contribution in [2.75, 3.05) is 26.6 Å². The summed E-state index contributed by atoms with van der Waals surface area (Å²) in [6, 6.07) is 0. The number of alkyl halides is 1. The minimum Gasteiger partial charge on any atom is -0.312 e. The molecule has 0 aromatic heterocycles. The Kier molecular flexibility index (Phi) is 6.62. The Morgan fingerprint density at radius 1 is 1.50 bits per heavy atom. The second kappa shape index (κ2) is 6.58. The highest BCUT2D eigenvalue weighted by molar-refractivity contribution is 7.53. The average Bonchev–Trinajstić information content (AvgIpc) is 2.06. The SMILES string of the molecule is CCCP(=O)(OC)OCCCF. The maximum Gasteiger partial charge on any atom is 0.330 e. The molecule has 0 bridgehead atoms. The lowest BCUT2D eigenvalue weighted by molar-refractivity contribution is 0.223. The van der Waals surface area contributed by atoms with Crippen molar-refractivity contribution in [3.05, 3.63) is 0 Å². The molecule has 1 unspecified atom stereocenters. The average molecular weight is 198 g/mol. The zero-order chi connectivity index (χ0) is 9.45. The van der Waals surface area contributed by atoms with Crippen LogP contribution in [0.25, 0.3) is 0 Å². The van der Waals surface area contributed by atoms with Crippen LogP contribution in [0.1, 0.15) is 19.8 Å². The van der Waals surface area contributed by atoms with Gasteiger partial charge in [0.2, 0.25) is 0 Å². The second-order valence-electron chi connectivity index (χ2n) is 2.39. The van der Waals surface area contributed by atoms with Gasteiger partial charge in [0.05, 0.1) is 13.3 Å². The Labute approximate surface area is 72.8 Å². The quantitative estimate of drug-likeness (QED) is 0.466. The van der Waals surface area contributed by atoms with E-state index in [2.05, 4.69) is 0 Å². The van der Waals surface area contributed by atoms with Crippen molar-refractivity contribution in [3.63, 3.8) is 0 Å². The van der Waals surface area contributed by atoms with E-state index in [1.165, 1.54) is 7.11 Å². The Hall–Kier alpha value is 0.0800. The van der Waals surface area contributed by atoms with E-state index in [1.807, 2.05) is 6.92 Å². The van der Waals surface area contributed by atoms with Gasteiger partial charge in [-0.2, -0.15) is 0 Å². The molecule has 0 fully saturated rings. The van der Waals surface area contributed by atoms with Gasteiger partial charge in [-0.05, 0) is 12.8 Å². The zero-order valence-corrected chi connectivity index (χ0v) is 8.48. The number of hydrogen-bond donors (Lipinski definition) is 0. The molecule has 0 N–H and O–H groups in total. The molecule has 0 aliphatic rings. The third-order valence-electron chi connectivity index (χ3n) is 1.34. The van der Waals surface area contributed by atoms with Gasteiger partial charge in [-0.25, -0.2) is 0 Å². The molecule has 0 aliphatic carbocycles. The third kappa shape index (κ3) is 4.86. The first kappa shape index (κ1) is 12.1. The summed E-state index contributed by atoms with van der Waals surface area (Å²) in [7, 11) is -1.54. The predicted molar refractivity (Wildman–Crippen MR) is 46.3 cm³/mol. The molecule has 3 nitrogen and oxygen atoms in total. The lowest BCUT2D eigenvalue weighted by Gasteiger charge is -2.14. The summed E-state index contributed by atoms with van der Waals surface area (Å²) < 4.78 is 32.8. The molecule has 5 heteroatoms. The Balaban J connectivity index is 3.72. The minimum absolute atomic E-state index is 0.168. The van der Waals surface area contributed by atoms with Gasteiger partial charge in [-0.1, -0.05) is 6.92 Å². The molecule has 0 radical (unpaired) electrons. The third-order valence-corrected chi connectivity index (χ3v) is 3.47. The molecular weight excluding hydrogens is 182 g/mol. The van der Waals surface area contributed by atoms with Crippen LogP contribution in [0.2, 0.25) is 0 Å². The Bertz CT molecular complexity index is 152. The molecule has 0 rings (SSSR count). The number of hydrogen-bond acceptors (Lipinski definition) is 3. The van der Waals surface area contributed by atoms with Gasteiger partial charge in [-0.3, -0.25) is 8.96 Å². The highest BCUT2D eigenvalue weighted by Gasteiger charge is 2.20. The van der Waals surface area contributed by atoms with E-state index in [4.69, 9.17) is 9.05 Å². The van der Waals surface area contributed by atoms with Crippen LogP contribution in [0.15, 0.2) is 0 Å². The fraction of sp³-hybridized carbons (Fsp3) is 1.00. The van der Waals surface area contributed by atoms with Crippen molar-refractivity contribution >= 4 is 7.60 Å². The first-order chi connectivity index (χ1) is 5.68. The monoisotopic (exact) mass is 198 g/mol.